The number of nitrogens with two attached hydrogens (primary N) is 1. The average molecular weight is 455 g/mol. The number of nitrogens with one attached hydrogen (secondary N) is 1. The summed E-state index contributed by atoms with van der Waals surface area (Å²) < 4.78 is 92.7. The van der Waals surface area contributed by atoms with E-state index in [1.165, 1.54) is 32.0 Å². The molecule has 3 N–H and O–H groups in total. The number of rotatable bonds is 6. The van der Waals surface area contributed by atoms with Crippen LogP contribution in [0.5, 0.6) is 0 Å². The fourth-order valence-electron chi connectivity index (χ4n) is 3.40. The number of benzene rings is 1. The van der Waals surface area contributed by atoms with E-state index in [1.807, 2.05) is 0 Å². The van der Waals surface area contributed by atoms with Gasteiger partial charge in [0.25, 0.3) is 5.69 Å². The van der Waals surface area contributed by atoms with Gasteiger partial charge in [0.05, 0.1) is 4.92 Å². The van der Waals surface area contributed by atoms with E-state index in [4.69, 9.17) is 5.73 Å². The van der Waals surface area contributed by atoms with Crippen LogP contribution in [-0.4, -0.2) is 29.0 Å². The minimum atomic E-state index is -6.19. The number of allylic oxidation sites excluding steroid dienone is 3. The fraction of sp³-hybridized carbons (Fsp3) is 0.474. The summed E-state index contributed by atoms with van der Waals surface area (Å²) in [5, 5.41) is 13.8. The topological polar surface area (TPSA) is 81.2 Å². The van der Waals surface area contributed by atoms with E-state index >= 15 is 0 Å². The first-order valence-corrected chi connectivity index (χ1v) is 9.06. The average Bonchev–Trinajstić information content (AvgIpc) is 2.63. The maximum Gasteiger partial charge on any atom is 0.435 e. The summed E-state index contributed by atoms with van der Waals surface area (Å²) in [6.45, 7) is 2.99. The van der Waals surface area contributed by atoms with Crippen molar-refractivity contribution >= 4 is 5.69 Å². The lowest BCUT2D eigenvalue weighted by atomic mass is 9.79. The molecule has 1 aliphatic rings. The van der Waals surface area contributed by atoms with Crippen molar-refractivity contribution in [1.29, 1.82) is 0 Å². The Labute approximate surface area is 172 Å². The zero-order valence-electron chi connectivity index (χ0n) is 16.4. The van der Waals surface area contributed by atoms with Gasteiger partial charge in [-0.05, 0) is 43.5 Å². The largest absolute Gasteiger partial charge is 0.435 e. The van der Waals surface area contributed by atoms with E-state index < -0.39 is 46.9 Å². The molecule has 1 aromatic rings. The quantitative estimate of drug-likeness (QED) is 0.359. The first-order chi connectivity index (χ1) is 14.1. The predicted octanol–water partition coefficient (Wildman–Crippen LogP) is 5.00. The van der Waals surface area contributed by atoms with Crippen molar-refractivity contribution < 1.29 is 35.7 Å². The van der Waals surface area contributed by atoms with Crippen molar-refractivity contribution in [3.63, 3.8) is 0 Å². The molecule has 0 fully saturated rings. The van der Waals surface area contributed by atoms with E-state index in [1.54, 1.807) is 0 Å². The van der Waals surface area contributed by atoms with Gasteiger partial charge in [-0.15, -0.1) is 0 Å². The summed E-state index contributed by atoms with van der Waals surface area (Å²) >= 11 is 0. The standard InChI is InChI=1S/C19H20F7N3O2/c1-10-7-12(3-6-16(10)29(30)31)9-28-15-5-4-13(8-14(15)11(2)27)17(20,18(21,22)23)19(24,25)26/h3-7,11,14,28H,8-9,27H2,1-2H3/t11-,14?/m1/s1. The van der Waals surface area contributed by atoms with Crippen LogP contribution in [0.25, 0.3) is 0 Å². The number of alkyl halides is 7. The summed E-state index contributed by atoms with van der Waals surface area (Å²) in [5.74, 6) is -1.03. The molecular formula is C19H20F7N3O2. The lowest BCUT2D eigenvalue weighted by molar-refractivity contribution is -0.385. The summed E-state index contributed by atoms with van der Waals surface area (Å²) in [7, 11) is 0. The van der Waals surface area contributed by atoms with Gasteiger partial charge in [-0.3, -0.25) is 10.1 Å². The van der Waals surface area contributed by atoms with Gasteiger partial charge in [-0.1, -0.05) is 12.1 Å². The highest BCUT2D eigenvalue weighted by Gasteiger charge is 2.74. The molecule has 0 bridgehead atoms. The fourth-order valence-corrected chi connectivity index (χ4v) is 3.40. The number of hydrogen-bond donors (Lipinski definition) is 2. The Morgan fingerprint density at radius 1 is 1.16 bits per heavy atom. The number of nitrogens with zero attached hydrogens (tertiary/aromatic N) is 1. The number of hydrogen-bond acceptors (Lipinski definition) is 4. The molecule has 0 saturated heterocycles. The van der Waals surface area contributed by atoms with Crippen molar-refractivity contribution in [2.75, 3.05) is 0 Å². The SMILES string of the molecule is Cc1cc(CNC2=CC=C(C(F)(C(F)(F)F)C(F)(F)F)CC2[C@@H](C)N)ccc1[N+](=O)[O-]. The first kappa shape index (κ1) is 24.6. The molecule has 2 atom stereocenters. The number of halogens is 7. The van der Waals surface area contributed by atoms with Crippen LogP contribution in [0.1, 0.15) is 24.5 Å². The smallest absolute Gasteiger partial charge is 0.384 e. The van der Waals surface area contributed by atoms with Crippen LogP contribution in [0.15, 0.2) is 41.6 Å². The Bertz CT molecular complexity index is 891. The Morgan fingerprint density at radius 3 is 2.19 bits per heavy atom. The Morgan fingerprint density at radius 2 is 1.74 bits per heavy atom. The van der Waals surface area contributed by atoms with E-state index in [0.717, 1.165) is 6.08 Å². The highest BCUT2D eigenvalue weighted by Crippen LogP contribution is 2.53. The Hall–Kier alpha value is -2.63. The lowest BCUT2D eigenvalue weighted by Crippen LogP contribution is -2.55. The molecule has 1 unspecified atom stereocenters. The highest BCUT2D eigenvalue weighted by atomic mass is 19.4. The molecule has 5 nitrogen and oxygen atoms in total. The van der Waals surface area contributed by atoms with Crippen molar-refractivity contribution in [3.8, 4) is 0 Å². The third kappa shape index (κ3) is 4.83. The molecule has 0 aliphatic heterocycles. The van der Waals surface area contributed by atoms with Crippen LogP contribution in [-0.2, 0) is 6.54 Å². The summed E-state index contributed by atoms with van der Waals surface area (Å²) in [6.07, 6.45) is -11.8. The van der Waals surface area contributed by atoms with Crippen LogP contribution in [0.3, 0.4) is 0 Å². The van der Waals surface area contributed by atoms with Gasteiger partial charge in [0, 0.05) is 35.8 Å². The minimum Gasteiger partial charge on any atom is -0.384 e. The Kier molecular flexibility index (Phi) is 6.74. The van der Waals surface area contributed by atoms with Crippen LogP contribution >= 0.6 is 0 Å². The van der Waals surface area contributed by atoms with Crippen molar-refractivity contribution in [3.05, 3.63) is 62.9 Å². The molecule has 0 saturated carbocycles. The van der Waals surface area contributed by atoms with Gasteiger partial charge in [-0.25, -0.2) is 4.39 Å². The summed E-state index contributed by atoms with van der Waals surface area (Å²) in [5.41, 5.74) is -0.0774. The second-order valence-electron chi connectivity index (χ2n) is 7.37. The van der Waals surface area contributed by atoms with Gasteiger partial charge >= 0.3 is 18.0 Å². The first-order valence-electron chi connectivity index (χ1n) is 9.06. The molecule has 0 spiro atoms. The predicted molar refractivity (Wildman–Crippen MR) is 98.5 cm³/mol. The van der Waals surface area contributed by atoms with E-state index in [2.05, 4.69) is 5.32 Å². The molecule has 0 aromatic heterocycles. The maximum absolute atomic E-state index is 14.4. The number of aryl methyl sites for hydroxylation is 1. The van der Waals surface area contributed by atoms with Gasteiger partial charge in [0.2, 0.25) is 0 Å². The van der Waals surface area contributed by atoms with Crippen LogP contribution in [0.2, 0.25) is 0 Å². The second-order valence-corrected chi connectivity index (χ2v) is 7.37. The van der Waals surface area contributed by atoms with E-state index in [9.17, 15) is 40.8 Å². The van der Waals surface area contributed by atoms with Crippen LogP contribution < -0.4 is 11.1 Å². The summed E-state index contributed by atoms with van der Waals surface area (Å²) in [4.78, 5) is 10.3. The van der Waals surface area contributed by atoms with Crippen LogP contribution in [0.4, 0.5) is 36.4 Å². The lowest BCUT2D eigenvalue weighted by Gasteiger charge is -2.37. The van der Waals surface area contributed by atoms with Gasteiger partial charge in [0.1, 0.15) is 0 Å². The number of nitro benzene ring substituents is 1. The molecule has 1 aliphatic carbocycles. The molecule has 12 heteroatoms. The normalized spacial score (nSPS) is 18.8. The molecule has 172 valence electrons. The molecule has 0 heterocycles. The molecule has 0 amide bonds. The number of nitro groups is 1. The molecule has 2 rings (SSSR count). The minimum absolute atomic E-state index is 0.0797. The maximum atomic E-state index is 14.4. The zero-order valence-corrected chi connectivity index (χ0v) is 16.4. The van der Waals surface area contributed by atoms with Crippen molar-refractivity contribution in [1.82, 2.24) is 5.32 Å². The summed E-state index contributed by atoms with van der Waals surface area (Å²) in [6, 6.07) is 3.39. The third-order valence-electron chi connectivity index (χ3n) is 5.12. The molecular weight excluding hydrogens is 435 g/mol. The van der Waals surface area contributed by atoms with Gasteiger partial charge in [-0.2, -0.15) is 26.3 Å². The molecule has 0 radical (unpaired) electrons. The third-order valence-corrected chi connectivity index (χ3v) is 5.12. The van der Waals surface area contributed by atoms with E-state index in [-0.39, 0.29) is 17.9 Å². The van der Waals surface area contributed by atoms with Gasteiger partial charge < -0.3 is 11.1 Å². The van der Waals surface area contributed by atoms with Gasteiger partial charge in [0.15, 0.2) is 0 Å². The highest BCUT2D eigenvalue weighted by molar-refractivity contribution is 5.42. The molecule has 1 aromatic carbocycles. The Balaban J connectivity index is 2.34. The second kappa shape index (κ2) is 8.48. The monoisotopic (exact) mass is 455 g/mol. The van der Waals surface area contributed by atoms with Crippen molar-refractivity contribution in [2.24, 2.45) is 11.7 Å². The van der Waals surface area contributed by atoms with E-state index in [0.29, 0.717) is 17.2 Å². The zero-order chi connectivity index (χ0) is 23.8. The van der Waals surface area contributed by atoms with Crippen LogP contribution in [0, 0.1) is 23.0 Å². The van der Waals surface area contributed by atoms with Crippen molar-refractivity contribution in [2.45, 2.75) is 50.9 Å². The molecule has 31 heavy (non-hydrogen) atoms.